The second-order valence-corrected chi connectivity index (χ2v) is 6.57. The van der Waals surface area contributed by atoms with Crippen LogP contribution in [0.15, 0.2) is 60.3 Å². The van der Waals surface area contributed by atoms with Crippen molar-refractivity contribution in [1.29, 1.82) is 0 Å². The Bertz CT molecular complexity index is 780. The first-order valence-corrected chi connectivity index (χ1v) is 8.41. The van der Waals surface area contributed by atoms with Crippen molar-refractivity contribution in [2.24, 2.45) is 7.05 Å². The first-order chi connectivity index (χ1) is 11.1. The molecular formula is C17H18N4S2. The summed E-state index contributed by atoms with van der Waals surface area (Å²) in [5, 5.41) is 2.75. The van der Waals surface area contributed by atoms with Gasteiger partial charge in [-0.15, -0.1) is 6.58 Å². The summed E-state index contributed by atoms with van der Waals surface area (Å²) in [5.74, 6) is 0. The molecule has 1 fully saturated rings. The molecule has 6 heteroatoms. The highest BCUT2D eigenvalue weighted by Gasteiger charge is 2.20. The fraction of sp³-hybridized carbons (Fsp3) is 0.118. The molecule has 3 rings (SSSR count). The van der Waals surface area contributed by atoms with Crippen LogP contribution in [0.5, 0.6) is 0 Å². The Labute approximate surface area is 145 Å². The van der Waals surface area contributed by atoms with Gasteiger partial charge in [-0.2, -0.15) is 0 Å². The van der Waals surface area contributed by atoms with E-state index >= 15 is 0 Å². The molecule has 4 nitrogen and oxygen atoms in total. The van der Waals surface area contributed by atoms with Crippen molar-refractivity contribution in [1.82, 2.24) is 19.7 Å². The van der Waals surface area contributed by atoms with Crippen molar-refractivity contribution in [3.63, 3.8) is 0 Å². The monoisotopic (exact) mass is 342 g/mol. The van der Waals surface area contributed by atoms with Crippen LogP contribution in [0.1, 0.15) is 5.56 Å². The van der Waals surface area contributed by atoms with Crippen molar-refractivity contribution < 1.29 is 0 Å². The third-order valence-corrected chi connectivity index (χ3v) is 4.84. The lowest BCUT2D eigenvalue weighted by Crippen LogP contribution is -2.52. The molecule has 2 aromatic rings. The summed E-state index contributed by atoms with van der Waals surface area (Å²) >= 11 is 6.97. The SMILES string of the molecule is C=CCN1C(=C)/C(=C/c2ccc(-c3csn3C)cc2)NNC1=S. The van der Waals surface area contributed by atoms with Crippen molar-refractivity contribution in [3.05, 3.63) is 65.8 Å². The van der Waals surface area contributed by atoms with Crippen molar-refractivity contribution in [2.75, 3.05) is 6.54 Å². The van der Waals surface area contributed by atoms with Gasteiger partial charge in [0.05, 0.1) is 17.1 Å². The summed E-state index contributed by atoms with van der Waals surface area (Å²) in [7, 11) is 2.06. The fourth-order valence-electron chi connectivity index (χ4n) is 2.35. The molecule has 23 heavy (non-hydrogen) atoms. The molecule has 118 valence electrons. The van der Waals surface area contributed by atoms with Gasteiger partial charge in [0.1, 0.15) is 0 Å². The van der Waals surface area contributed by atoms with E-state index in [1.54, 1.807) is 17.6 Å². The first-order valence-electron chi connectivity index (χ1n) is 7.16. The first kappa shape index (κ1) is 15.6. The minimum Gasteiger partial charge on any atom is -0.312 e. The van der Waals surface area contributed by atoms with Crippen LogP contribution in [0.4, 0.5) is 0 Å². The number of benzene rings is 1. The normalized spacial score (nSPS) is 16.4. The van der Waals surface area contributed by atoms with E-state index in [0.29, 0.717) is 11.7 Å². The quantitative estimate of drug-likeness (QED) is 0.658. The highest BCUT2D eigenvalue weighted by atomic mass is 32.1. The summed E-state index contributed by atoms with van der Waals surface area (Å²) in [6.45, 7) is 8.50. The highest BCUT2D eigenvalue weighted by molar-refractivity contribution is 7.80. The highest BCUT2D eigenvalue weighted by Crippen LogP contribution is 2.25. The van der Waals surface area contributed by atoms with Gasteiger partial charge in [0, 0.05) is 19.0 Å². The second-order valence-electron chi connectivity index (χ2n) is 5.19. The zero-order chi connectivity index (χ0) is 16.4. The average molecular weight is 342 g/mol. The molecule has 2 N–H and O–H groups in total. The van der Waals surface area contributed by atoms with Crippen LogP contribution in [-0.2, 0) is 7.05 Å². The number of nitrogens with zero attached hydrogens (tertiary/aromatic N) is 2. The number of rotatable bonds is 4. The van der Waals surface area contributed by atoms with Crippen LogP contribution in [0.3, 0.4) is 0 Å². The zero-order valence-electron chi connectivity index (χ0n) is 12.9. The summed E-state index contributed by atoms with van der Waals surface area (Å²) < 4.78 is 2.15. The molecule has 1 aromatic carbocycles. The number of aryl methyl sites for hydroxylation is 1. The predicted octanol–water partition coefficient (Wildman–Crippen LogP) is 3.49. The van der Waals surface area contributed by atoms with Gasteiger partial charge in [0.15, 0.2) is 5.11 Å². The van der Waals surface area contributed by atoms with Gasteiger partial charge in [-0.05, 0) is 29.4 Å². The molecule has 0 bridgehead atoms. The predicted molar refractivity (Wildman–Crippen MR) is 102 cm³/mol. The van der Waals surface area contributed by atoms with Crippen LogP contribution in [-0.4, -0.2) is 20.5 Å². The molecule has 1 aliphatic heterocycles. The Morgan fingerprint density at radius 3 is 2.57 bits per heavy atom. The Morgan fingerprint density at radius 2 is 2.00 bits per heavy atom. The maximum atomic E-state index is 5.27. The summed E-state index contributed by atoms with van der Waals surface area (Å²) in [5.41, 5.74) is 11.4. The van der Waals surface area contributed by atoms with E-state index in [4.69, 9.17) is 12.2 Å². The van der Waals surface area contributed by atoms with Crippen LogP contribution in [0.2, 0.25) is 0 Å². The van der Waals surface area contributed by atoms with Crippen LogP contribution in [0, 0.1) is 0 Å². The Morgan fingerprint density at radius 1 is 1.26 bits per heavy atom. The standard InChI is InChI=1S/C17H18N4S2/c1-4-9-21-12(2)15(18-19-17(21)22)10-13-5-7-14(8-6-13)16-11-23-20(16)3/h4-8,10-11,18H,1-2,9H2,3H3,(H,19,22)/b15-10-. The van der Waals surface area contributed by atoms with E-state index in [-0.39, 0.29) is 0 Å². The van der Waals surface area contributed by atoms with Crippen LogP contribution in [0.25, 0.3) is 17.3 Å². The minimum atomic E-state index is 0.597. The molecule has 0 atom stereocenters. The maximum absolute atomic E-state index is 5.27. The van der Waals surface area contributed by atoms with Crippen molar-refractivity contribution in [2.45, 2.75) is 0 Å². The average Bonchev–Trinajstić information content (AvgIpc) is 2.54. The zero-order valence-corrected chi connectivity index (χ0v) is 14.5. The third kappa shape index (κ3) is 3.09. The molecular weight excluding hydrogens is 324 g/mol. The summed E-state index contributed by atoms with van der Waals surface area (Å²) in [4.78, 5) is 1.91. The third-order valence-electron chi connectivity index (χ3n) is 3.68. The molecule has 1 saturated heterocycles. The molecule has 1 aliphatic rings. The number of aromatic nitrogens is 1. The van der Waals surface area contributed by atoms with E-state index in [9.17, 15) is 0 Å². The van der Waals surface area contributed by atoms with Crippen LogP contribution >= 0.6 is 23.8 Å². The number of hydrogen-bond acceptors (Lipinski definition) is 3. The van der Waals surface area contributed by atoms with Crippen molar-refractivity contribution >= 4 is 34.9 Å². The second kappa shape index (κ2) is 6.44. The van der Waals surface area contributed by atoms with Gasteiger partial charge in [-0.1, -0.05) is 48.5 Å². The number of nitrogens with one attached hydrogen (secondary N) is 2. The number of hydrogen-bond donors (Lipinski definition) is 2. The van der Waals surface area contributed by atoms with Crippen molar-refractivity contribution in [3.8, 4) is 11.3 Å². The molecule has 0 unspecified atom stereocenters. The van der Waals surface area contributed by atoms with E-state index in [0.717, 1.165) is 17.0 Å². The lowest BCUT2D eigenvalue weighted by Gasteiger charge is -2.33. The Hall–Kier alpha value is -2.31. The summed E-state index contributed by atoms with van der Waals surface area (Å²) in [6.07, 6.45) is 3.85. The molecule has 0 spiro atoms. The van der Waals surface area contributed by atoms with Gasteiger partial charge in [-0.3, -0.25) is 14.8 Å². The molecule has 0 amide bonds. The van der Waals surface area contributed by atoms with E-state index in [1.807, 2.05) is 11.0 Å². The van der Waals surface area contributed by atoms with Gasteiger partial charge < -0.3 is 4.90 Å². The largest absolute Gasteiger partial charge is 0.312 e. The molecule has 0 aliphatic carbocycles. The molecule has 1 aromatic heterocycles. The van der Waals surface area contributed by atoms with E-state index in [1.165, 1.54) is 11.3 Å². The van der Waals surface area contributed by atoms with E-state index in [2.05, 4.69) is 64.7 Å². The Kier molecular flexibility index (Phi) is 4.36. The molecule has 0 saturated carbocycles. The minimum absolute atomic E-state index is 0.597. The van der Waals surface area contributed by atoms with Gasteiger partial charge >= 0.3 is 0 Å². The Balaban J connectivity index is 1.81. The molecule has 2 heterocycles. The fourth-order valence-corrected chi connectivity index (χ4v) is 3.25. The number of hydrazine groups is 1. The van der Waals surface area contributed by atoms with Gasteiger partial charge in [0.25, 0.3) is 0 Å². The topological polar surface area (TPSA) is 32.2 Å². The lowest BCUT2D eigenvalue weighted by atomic mass is 10.1. The van der Waals surface area contributed by atoms with Gasteiger partial charge in [-0.25, -0.2) is 0 Å². The smallest absolute Gasteiger partial charge is 0.192 e. The van der Waals surface area contributed by atoms with Gasteiger partial charge in [0.2, 0.25) is 0 Å². The lowest BCUT2D eigenvalue weighted by molar-refractivity contribution is 0.502. The summed E-state index contributed by atoms with van der Waals surface area (Å²) in [6, 6.07) is 8.44. The molecule has 0 radical (unpaired) electrons. The van der Waals surface area contributed by atoms with E-state index < -0.39 is 0 Å². The maximum Gasteiger partial charge on any atom is 0.192 e. The number of thiocarbonyl (C=S) groups is 1. The van der Waals surface area contributed by atoms with Crippen LogP contribution < -0.4 is 10.9 Å².